The molecule has 0 spiro atoms. The van der Waals surface area contributed by atoms with Crippen LogP contribution in [0.3, 0.4) is 0 Å². The highest BCUT2D eigenvalue weighted by molar-refractivity contribution is 7.99. The molecule has 0 amide bonds. The van der Waals surface area contributed by atoms with E-state index in [-0.39, 0.29) is 11.3 Å². The maximum Gasteiger partial charge on any atom is 0.321 e. The van der Waals surface area contributed by atoms with Crippen molar-refractivity contribution in [3.63, 3.8) is 0 Å². The molecule has 18 heavy (non-hydrogen) atoms. The van der Waals surface area contributed by atoms with Crippen molar-refractivity contribution >= 4 is 35.0 Å². The summed E-state index contributed by atoms with van der Waals surface area (Å²) < 4.78 is 5.20. The van der Waals surface area contributed by atoms with Crippen molar-refractivity contribution in [1.82, 2.24) is 15.0 Å². The number of ether oxygens (including phenoxy) is 1. The van der Waals surface area contributed by atoms with E-state index >= 15 is 0 Å². The van der Waals surface area contributed by atoms with Crippen LogP contribution < -0.4 is 4.74 Å². The average molecular weight is 302 g/mol. The second kappa shape index (κ2) is 6.22. The molecular formula is C11H9Cl2N3OS. The molecular weight excluding hydrogens is 293 g/mol. The van der Waals surface area contributed by atoms with E-state index in [1.54, 1.807) is 12.1 Å². The standard InChI is InChI=1S/C11H9Cl2N3OS/c1-2-17-10-14-9(13)15-11(16-10)18-8-5-3-7(12)4-6-8/h3-6H,2H2,1H3. The number of hydrogen-bond acceptors (Lipinski definition) is 5. The predicted molar refractivity (Wildman–Crippen MR) is 71.6 cm³/mol. The third kappa shape index (κ3) is 3.73. The summed E-state index contributed by atoms with van der Waals surface area (Å²) in [7, 11) is 0. The highest BCUT2D eigenvalue weighted by atomic mass is 35.5. The Kier molecular flexibility index (Phi) is 4.63. The molecule has 0 fully saturated rings. The van der Waals surface area contributed by atoms with Crippen LogP contribution in [-0.4, -0.2) is 21.6 Å². The monoisotopic (exact) mass is 301 g/mol. The van der Waals surface area contributed by atoms with Gasteiger partial charge in [0.25, 0.3) is 0 Å². The molecule has 2 aromatic rings. The maximum absolute atomic E-state index is 5.81. The first-order valence-corrected chi connectivity index (χ1v) is 6.72. The van der Waals surface area contributed by atoms with Gasteiger partial charge in [-0.15, -0.1) is 0 Å². The first-order chi connectivity index (χ1) is 8.67. The van der Waals surface area contributed by atoms with Crippen LogP contribution in [-0.2, 0) is 0 Å². The molecule has 0 atom stereocenters. The topological polar surface area (TPSA) is 47.9 Å². The van der Waals surface area contributed by atoms with Gasteiger partial charge in [0, 0.05) is 9.92 Å². The Hall–Kier alpha value is -1.04. The van der Waals surface area contributed by atoms with Gasteiger partial charge in [0.1, 0.15) is 0 Å². The van der Waals surface area contributed by atoms with E-state index in [1.165, 1.54) is 11.8 Å². The Balaban J connectivity index is 2.20. The summed E-state index contributed by atoms with van der Waals surface area (Å²) in [6.07, 6.45) is 0. The Morgan fingerprint density at radius 2 is 1.83 bits per heavy atom. The van der Waals surface area contributed by atoms with Crippen molar-refractivity contribution in [2.75, 3.05) is 6.61 Å². The highest BCUT2D eigenvalue weighted by Gasteiger charge is 2.07. The molecule has 0 aliphatic heterocycles. The van der Waals surface area contributed by atoms with Gasteiger partial charge in [-0.1, -0.05) is 11.6 Å². The first-order valence-electron chi connectivity index (χ1n) is 5.15. The van der Waals surface area contributed by atoms with E-state index in [0.717, 1.165) is 4.90 Å². The lowest BCUT2D eigenvalue weighted by atomic mass is 10.4. The Bertz CT molecular complexity index is 536. The summed E-state index contributed by atoms with van der Waals surface area (Å²) in [5.74, 6) is 0. The van der Waals surface area contributed by atoms with Gasteiger partial charge in [-0.25, -0.2) is 0 Å². The van der Waals surface area contributed by atoms with E-state index in [4.69, 9.17) is 27.9 Å². The van der Waals surface area contributed by atoms with Crippen molar-refractivity contribution in [2.24, 2.45) is 0 Å². The van der Waals surface area contributed by atoms with Gasteiger partial charge in [-0.2, -0.15) is 15.0 Å². The van der Waals surface area contributed by atoms with Crippen LogP contribution in [0.4, 0.5) is 0 Å². The molecule has 4 nitrogen and oxygen atoms in total. The molecule has 7 heteroatoms. The summed E-state index contributed by atoms with van der Waals surface area (Å²) in [5, 5.41) is 1.29. The predicted octanol–water partition coefficient (Wildman–Crippen LogP) is 3.73. The zero-order valence-electron chi connectivity index (χ0n) is 9.43. The Morgan fingerprint density at radius 1 is 1.11 bits per heavy atom. The van der Waals surface area contributed by atoms with Crippen LogP contribution in [0.5, 0.6) is 6.01 Å². The second-order valence-corrected chi connectivity index (χ2v) is 4.97. The normalized spacial score (nSPS) is 10.4. The van der Waals surface area contributed by atoms with E-state index in [0.29, 0.717) is 16.8 Å². The minimum absolute atomic E-state index is 0.116. The van der Waals surface area contributed by atoms with Crippen molar-refractivity contribution in [3.8, 4) is 6.01 Å². The molecule has 0 aliphatic rings. The van der Waals surface area contributed by atoms with Crippen LogP contribution in [0.25, 0.3) is 0 Å². The molecule has 1 heterocycles. The fourth-order valence-electron chi connectivity index (χ4n) is 1.16. The molecule has 0 radical (unpaired) electrons. The lowest BCUT2D eigenvalue weighted by Gasteiger charge is -2.04. The van der Waals surface area contributed by atoms with Crippen LogP contribution in [0, 0.1) is 0 Å². The summed E-state index contributed by atoms with van der Waals surface area (Å²) >= 11 is 13.0. The Morgan fingerprint density at radius 3 is 2.50 bits per heavy atom. The minimum atomic E-state index is 0.116. The van der Waals surface area contributed by atoms with E-state index < -0.39 is 0 Å². The number of halogens is 2. The number of hydrogen-bond donors (Lipinski definition) is 0. The van der Waals surface area contributed by atoms with E-state index in [9.17, 15) is 0 Å². The quantitative estimate of drug-likeness (QED) is 0.861. The fraction of sp³-hybridized carbons (Fsp3) is 0.182. The summed E-state index contributed by atoms with van der Waals surface area (Å²) in [5.41, 5.74) is 0. The maximum atomic E-state index is 5.81. The van der Waals surface area contributed by atoms with Gasteiger partial charge in [-0.05, 0) is 54.6 Å². The molecule has 94 valence electrons. The summed E-state index contributed by atoms with van der Waals surface area (Å²) in [6.45, 7) is 2.33. The molecule has 0 bridgehead atoms. The molecule has 0 aliphatic carbocycles. The number of rotatable bonds is 4. The lowest BCUT2D eigenvalue weighted by molar-refractivity contribution is 0.307. The summed E-state index contributed by atoms with van der Waals surface area (Å²) in [6, 6.07) is 7.59. The van der Waals surface area contributed by atoms with Gasteiger partial charge < -0.3 is 4.74 Å². The summed E-state index contributed by atoms with van der Waals surface area (Å²) in [4.78, 5) is 13.0. The Labute approximate surface area is 119 Å². The molecule has 2 rings (SSSR count). The number of aromatic nitrogens is 3. The minimum Gasteiger partial charge on any atom is -0.464 e. The largest absolute Gasteiger partial charge is 0.464 e. The smallest absolute Gasteiger partial charge is 0.321 e. The zero-order valence-corrected chi connectivity index (χ0v) is 11.8. The third-order valence-corrected chi connectivity index (χ3v) is 3.16. The molecule has 1 aromatic carbocycles. The van der Waals surface area contributed by atoms with Crippen molar-refractivity contribution in [1.29, 1.82) is 0 Å². The van der Waals surface area contributed by atoms with Crippen LogP contribution in [0.15, 0.2) is 34.3 Å². The van der Waals surface area contributed by atoms with Crippen molar-refractivity contribution < 1.29 is 4.74 Å². The fourth-order valence-corrected chi connectivity index (χ4v) is 2.23. The molecule has 0 saturated heterocycles. The van der Waals surface area contributed by atoms with Gasteiger partial charge >= 0.3 is 6.01 Å². The van der Waals surface area contributed by atoms with Gasteiger partial charge in [0.05, 0.1) is 6.61 Å². The van der Waals surface area contributed by atoms with Gasteiger partial charge in [0.15, 0.2) is 5.16 Å². The number of nitrogens with zero attached hydrogens (tertiary/aromatic N) is 3. The van der Waals surface area contributed by atoms with E-state index in [2.05, 4.69) is 15.0 Å². The zero-order chi connectivity index (χ0) is 13.0. The SMILES string of the molecule is CCOc1nc(Cl)nc(Sc2ccc(Cl)cc2)n1. The van der Waals surface area contributed by atoms with Gasteiger partial charge in [-0.3, -0.25) is 0 Å². The van der Waals surface area contributed by atoms with Crippen molar-refractivity contribution in [2.45, 2.75) is 17.0 Å². The van der Waals surface area contributed by atoms with Crippen LogP contribution in [0.2, 0.25) is 10.3 Å². The first kappa shape index (κ1) is 13.4. The molecule has 0 unspecified atom stereocenters. The average Bonchev–Trinajstić information content (AvgIpc) is 2.32. The number of benzene rings is 1. The van der Waals surface area contributed by atoms with Crippen molar-refractivity contribution in [3.05, 3.63) is 34.6 Å². The highest BCUT2D eigenvalue weighted by Crippen LogP contribution is 2.27. The molecule has 1 aromatic heterocycles. The molecule has 0 saturated carbocycles. The van der Waals surface area contributed by atoms with Crippen LogP contribution in [0.1, 0.15) is 6.92 Å². The van der Waals surface area contributed by atoms with Crippen LogP contribution >= 0.6 is 35.0 Å². The lowest BCUT2D eigenvalue weighted by Crippen LogP contribution is -2.00. The third-order valence-electron chi connectivity index (χ3n) is 1.86. The van der Waals surface area contributed by atoms with Gasteiger partial charge in [0.2, 0.25) is 5.28 Å². The molecule has 0 N–H and O–H groups in total. The second-order valence-electron chi connectivity index (χ2n) is 3.16. The van der Waals surface area contributed by atoms with E-state index in [1.807, 2.05) is 19.1 Å².